The Kier molecular flexibility index (Phi) is 4.58. The summed E-state index contributed by atoms with van der Waals surface area (Å²) in [4.78, 5) is 0. The molecule has 1 aromatic carbocycles. The predicted molar refractivity (Wildman–Crippen MR) is 64.2 cm³/mol. The zero-order valence-corrected chi connectivity index (χ0v) is 10.0. The highest BCUT2D eigenvalue weighted by Gasteiger charge is 2.24. The summed E-state index contributed by atoms with van der Waals surface area (Å²) in [6.07, 6.45) is 1.04. The van der Waals surface area contributed by atoms with Crippen LogP contribution in [-0.2, 0) is 5.54 Å². The van der Waals surface area contributed by atoms with E-state index in [1.165, 1.54) is 0 Å². The fraction of sp³-hybridized carbons (Fsp3) is 0.500. The Morgan fingerprint density at radius 2 is 1.93 bits per heavy atom. The van der Waals surface area contributed by atoms with Crippen LogP contribution in [0, 0.1) is 0 Å². The molecule has 1 atom stereocenters. The quantitative estimate of drug-likeness (QED) is 0.811. The van der Waals surface area contributed by atoms with Crippen LogP contribution in [0.2, 0.25) is 5.02 Å². The van der Waals surface area contributed by atoms with E-state index in [9.17, 15) is 5.11 Å². The molecule has 0 saturated carbocycles. The van der Waals surface area contributed by atoms with Crippen LogP contribution in [0.15, 0.2) is 24.3 Å². The fourth-order valence-corrected chi connectivity index (χ4v) is 1.59. The van der Waals surface area contributed by atoms with Crippen molar-refractivity contribution in [3.05, 3.63) is 34.9 Å². The van der Waals surface area contributed by atoms with Crippen molar-refractivity contribution in [3.63, 3.8) is 0 Å². The third-order valence-electron chi connectivity index (χ3n) is 2.56. The maximum Gasteiger partial charge on any atom is 0.0652 e. The molecule has 1 aromatic rings. The Bertz CT molecular complexity index is 299. The molecule has 0 spiro atoms. The van der Waals surface area contributed by atoms with Gasteiger partial charge in [-0.3, -0.25) is 0 Å². The average molecular weight is 228 g/mol. The molecule has 84 valence electrons. The molecule has 0 aliphatic heterocycles. The van der Waals surface area contributed by atoms with Crippen molar-refractivity contribution >= 4 is 11.6 Å². The first kappa shape index (κ1) is 12.5. The Labute approximate surface area is 96.3 Å². The smallest absolute Gasteiger partial charge is 0.0652 e. The number of aliphatic hydroxyl groups is 1. The van der Waals surface area contributed by atoms with Gasteiger partial charge in [0.05, 0.1) is 12.1 Å². The van der Waals surface area contributed by atoms with Crippen LogP contribution in [-0.4, -0.2) is 18.3 Å². The molecule has 0 fully saturated rings. The average Bonchev–Trinajstić information content (AvgIpc) is 2.27. The minimum absolute atomic E-state index is 0.0780. The van der Waals surface area contributed by atoms with Crippen LogP contribution in [0.25, 0.3) is 0 Å². The Morgan fingerprint density at radius 1 is 1.33 bits per heavy atom. The van der Waals surface area contributed by atoms with E-state index in [1.54, 1.807) is 0 Å². The summed E-state index contributed by atoms with van der Waals surface area (Å²) in [5, 5.41) is 13.5. The van der Waals surface area contributed by atoms with Gasteiger partial charge in [0.2, 0.25) is 0 Å². The Balaban J connectivity index is 2.85. The number of hydrogen-bond acceptors (Lipinski definition) is 2. The van der Waals surface area contributed by atoms with Gasteiger partial charge in [0.1, 0.15) is 0 Å². The van der Waals surface area contributed by atoms with Crippen LogP contribution in [0.3, 0.4) is 0 Å². The van der Waals surface area contributed by atoms with Crippen molar-refractivity contribution in [2.45, 2.75) is 25.8 Å². The van der Waals surface area contributed by atoms with Crippen molar-refractivity contribution in [1.82, 2.24) is 5.32 Å². The lowest BCUT2D eigenvalue weighted by molar-refractivity contribution is 0.175. The minimum atomic E-state index is -0.374. The summed E-state index contributed by atoms with van der Waals surface area (Å²) in [5.74, 6) is 0. The number of benzene rings is 1. The lowest BCUT2D eigenvalue weighted by Gasteiger charge is -2.29. The molecular formula is C12H18ClNO. The van der Waals surface area contributed by atoms with E-state index in [-0.39, 0.29) is 12.1 Å². The minimum Gasteiger partial charge on any atom is -0.394 e. The largest absolute Gasteiger partial charge is 0.394 e. The summed E-state index contributed by atoms with van der Waals surface area (Å²) < 4.78 is 0. The van der Waals surface area contributed by atoms with Crippen LogP contribution in [0.4, 0.5) is 0 Å². The van der Waals surface area contributed by atoms with Crippen LogP contribution in [0.1, 0.15) is 25.8 Å². The molecule has 2 nitrogen and oxygen atoms in total. The highest BCUT2D eigenvalue weighted by molar-refractivity contribution is 6.30. The fourth-order valence-electron chi connectivity index (χ4n) is 1.47. The van der Waals surface area contributed by atoms with Gasteiger partial charge in [-0.1, -0.05) is 30.7 Å². The lowest BCUT2D eigenvalue weighted by Crippen LogP contribution is -2.43. The standard InChI is InChI=1S/C12H18ClNO/c1-3-8-14-12(2,9-15)10-4-6-11(13)7-5-10/h4-7,14-15H,3,8-9H2,1-2H3. The molecule has 15 heavy (non-hydrogen) atoms. The molecule has 1 rings (SSSR count). The molecule has 0 aromatic heterocycles. The third-order valence-corrected chi connectivity index (χ3v) is 2.81. The predicted octanol–water partition coefficient (Wildman–Crippen LogP) is 2.55. The van der Waals surface area contributed by atoms with Crippen LogP contribution >= 0.6 is 11.6 Å². The summed E-state index contributed by atoms with van der Waals surface area (Å²) >= 11 is 5.83. The summed E-state index contributed by atoms with van der Waals surface area (Å²) in [7, 11) is 0. The highest BCUT2D eigenvalue weighted by Crippen LogP contribution is 2.21. The maximum atomic E-state index is 9.44. The number of nitrogens with one attached hydrogen (secondary N) is 1. The number of halogens is 1. The van der Waals surface area contributed by atoms with E-state index < -0.39 is 0 Å². The molecule has 0 radical (unpaired) electrons. The van der Waals surface area contributed by atoms with Crippen molar-refractivity contribution in [1.29, 1.82) is 0 Å². The first-order valence-electron chi connectivity index (χ1n) is 5.24. The van der Waals surface area contributed by atoms with E-state index in [0.29, 0.717) is 0 Å². The number of aliphatic hydroxyl groups excluding tert-OH is 1. The van der Waals surface area contributed by atoms with Crippen LogP contribution < -0.4 is 5.32 Å². The van der Waals surface area contributed by atoms with Crippen molar-refractivity contribution in [2.75, 3.05) is 13.2 Å². The SMILES string of the molecule is CCCNC(C)(CO)c1ccc(Cl)cc1. The van der Waals surface area contributed by atoms with Gasteiger partial charge in [-0.25, -0.2) is 0 Å². The van der Waals surface area contributed by atoms with Gasteiger partial charge < -0.3 is 10.4 Å². The van der Waals surface area contributed by atoms with E-state index in [4.69, 9.17) is 11.6 Å². The van der Waals surface area contributed by atoms with Gasteiger partial charge in [0.25, 0.3) is 0 Å². The van der Waals surface area contributed by atoms with Gasteiger partial charge in [-0.2, -0.15) is 0 Å². The zero-order valence-electron chi connectivity index (χ0n) is 9.26. The lowest BCUT2D eigenvalue weighted by atomic mass is 9.93. The second-order valence-corrected chi connectivity index (χ2v) is 4.36. The Hall–Kier alpha value is -0.570. The molecule has 0 aliphatic carbocycles. The van der Waals surface area contributed by atoms with E-state index in [2.05, 4.69) is 12.2 Å². The topological polar surface area (TPSA) is 32.3 Å². The van der Waals surface area contributed by atoms with Gasteiger partial charge in [0.15, 0.2) is 0 Å². The second kappa shape index (κ2) is 5.50. The molecule has 1 unspecified atom stereocenters. The van der Waals surface area contributed by atoms with Crippen molar-refractivity contribution in [2.24, 2.45) is 0 Å². The van der Waals surface area contributed by atoms with Gasteiger partial charge in [-0.15, -0.1) is 0 Å². The van der Waals surface area contributed by atoms with Crippen LogP contribution in [0.5, 0.6) is 0 Å². The number of rotatable bonds is 5. The zero-order chi connectivity index (χ0) is 11.3. The molecule has 0 heterocycles. The summed E-state index contributed by atoms with van der Waals surface area (Å²) in [5.41, 5.74) is 0.684. The number of hydrogen-bond donors (Lipinski definition) is 2. The molecule has 0 saturated heterocycles. The van der Waals surface area contributed by atoms with Gasteiger partial charge in [-0.05, 0) is 37.6 Å². The first-order valence-corrected chi connectivity index (χ1v) is 5.62. The maximum absolute atomic E-state index is 9.44. The van der Waals surface area contributed by atoms with Crippen molar-refractivity contribution < 1.29 is 5.11 Å². The monoisotopic (exact) mass is 227 g/mol. The van der Waals surface area contributed by atoms with E-state index >= 15 is 0 Å². The molecule has 2 N–H and O–H groups in total. The van der Waals surface area contributed by atoms with E-state index in [1.807, 2.05) is 31.2 Å². The Morgan fingerprint density at radius 3 is 2.40 bits per heavy atom. The molecule has 0 amide bonds. The highest BCUT2D eigenvalue weighted by atomic mass is 35.5. The molecular weight excluding hydrogens is 210 g/mol. The van der Waals surface area contributed by atoms with Gasteiger partial charge >= 0.3 is 0 Å². The molecule has 3 heteroatoms. The van der Waals surface area contributed by atoms with Gasteiger partial charge in [0, 0.05) is 5.02 Å². The molecule has 0 bridgehead atoms. The summed E-state index contributed by atoms with van der Waals surface area (Å²) in [6.45, 7) is 5.06. The molecule has 0 aliphatic rings. The first-order chi connectivity index (χ1) is 7.12. The third kappa shape index (κ3) is 3.20. The summed E-state index contributed by atoms with van der Waals surface area (Å²) in [6, 6.07) is 7.58. The van der Waals surface area contributed by atoms with Crippen molar-refractivity contribution in [3.8, 4) is 0 Å². The second-order valence-electron chi connectivity index (χ2n) is 3.92. The van der Waals surface area contributed by atoms with E-state index in [0.717, 1.165) is 23.6 Å². The normalized spacial score (nSPS) is 14.9.